The van der Waals surface area contributed by atoms with E-state index in [4.69, 9.17) is 14.3 Å². The number of hydrogen-bond donors (Lipinski definition) is 1. The van der Waals surface area contributed by atoms with Crippen molar-refractivity contribution in [1.29, 1.82) is 0 Å². The lowest BCUT2D eigenvalue weighted by Crippen LogP contribution is -2.25. The maximum atomic E-state index is 8.58. The Hall–Kier alpha value is -3.31. The molecule has 39 heavy (non-hydrogen) atoms. The summed E-state index contributed by atoms with van der Waals surface area (Å²) in [5.74, 6) is 2.76. The SMILES string of the molecule is C=C/C=C1/CCO/C1=C/CC1C[C@H](c2ccc3c(c2)CCO3)N(Cc2c(CC)cc(C)cc2CC)C1.NC=O. The molecule has 2 N–H and O–H groups in total. The Labute approximate surface area is 234 Å². The largest absolute Gasteiger partial charge is 0.493 e. The Balaban J connectivity index is 0.00000112. The number of primary amides is 1. The molecule has 0 aromatic heterocycles. The molecule has 2 fully saturated rings. The van der Waals surface area contributed by atoms with Gasteiger partial charge in [-0.15, -0.1) is 0 Å². The van der Waals surface area contributed by atoms with Gasteiger partial charge in [-0.3, -0.25) is 9.69 Å². The van der Waals surface area contributed by atoms with Crippen LogP contribution in [-0.4, -0.2) is 31.1 Å². The first-order valence-electron chi connectivity index (χ1n) is 14.4. The van der Waals surface area contributed by atoms with Gasteiger partial charge in [0.1, 0.15) is 11.5 Å². The summed E-state index contributed by atoms with van der Waals surface area (Å²) in [5.41, 5.74) is 14.2. The number of carbonyl (C=O) groups is 1. The van der Waals surface area contributed by atoms with E-state index < -0.39 is 0 Å². The maximum absolute atomic E-state index is 8.58. The number of rotatable bonds is 8. The molecule has 3 heterocycles. The number of fused-ring (bicyclic) bond motifs is 1. The highest BCUT2D eigenvalue weighted by atomic mass is 16.5. The van der Waals surface area contributed by atoms with Crippen molar-refractivity contribution in [2.45, 2.75) is 71.9 Å². The molecule has 3 aliphatic heterocycles. The highest BCUT2D eigenvalue weighted by Crippen LogP contribution is 2.41. The summed E-state index contributed by atoms with van der Waals surface area (Å²) < 4.78 is 11.8. The third kappa shape index (κ3) is 6.83. The number of nitrogens with two attached hydrogens (primary N) is 1. The number of carbonyl (C=O) groups excluding carboxylic acids is 1. The second-order valence-corrected chi connectivity index (χ2v) is 10.7. The summed E-state index contributed by atoms with van der Waals surface area (Å²) in [4.78, 5) is 11.3. The first kappa shape index (κ1) is 28.7. The minimum atomic E-state index is 0.250. The monoisotopic (exact) mass is 528 g/mol. The number of hydrogen-bond acceptors (Lipinski definition) is 4. The fourth-order valence-corrected chi connectivity index (χ4v) is 6.37. The van der Waals surface area contributed by atoms with Crippen molar-refractivity contribution in [3.8, 4) is 5.75 Å². The lowest BCUT2D eigenvalue weighted by molar-refractivity contribution is -0.106. The predicted octanol–water partition coefficient (Wildman–Crippen LogP) is 6.53. The molecule has 0 aliphatic carbocycles. The topological polar surface area (TPSA) is 64.8 Å². The third-order valence-electron chi connectivity index (χ3n) is 8.19. The summed E-state index contributed by atoms with van der Waals surface area (Å²) in [6.07, 6.45) is 13.0. The van der Waals surface area contributed by atoms with Crippen LogP contribution in [0.3, 0.4) is 0 Å². The van der Waals surface area contributed by atoms with Crippen molar-refractivity contribution in [3.63, 3.8) is 0 Å². The molecule has 208 valence electrons. The van der Waals surface area contributed by atoms with E-state index >= 15 is 0 Å². The molecule has 0 saturated carbocycles. The fourth-order valence-electron chi connectivity index (χ4n) is 6.37. The second kappa shape index (κ2) is 13.7. The van der Waals surface area contributed by atoms with E-state index in [2.05, 4.69) is 80.5 Å². The normalized spacial score (nSPS) is 22.2. The smallest absolute Gasteiger partial charge is 0.204 e. The van der Waals surface area contributed by atoms with Crippen LogP contribution in [0.25, 0.3) is 0 Å². The van der Waals surface area contributed by atoms with Crippen LogP contribution >= 0.6 is 0 Å². The van der Waals surface area contributed by atoms with Gasteiger partial charge in [0.2, 0.25) is 6.41 Å². The van der Waals surface area contributed by atoms with E-state index in [1.807, 2.05) is 6.08 Å². The van der Waals surface area contributed by atoms with E-state index in [1.165, 1.54) is 39.8 Å². The van der Waals surface area contributed by atoms with E-state index in [0.29, 0.717) is 12.0 Å². The number of aryl methyl sites for hydroxylation is 3. The Morgan fingerprint density at radius 1 is 1.08 bits per heavy atom. The number of ether oxygens (including phenoxy) is 2. The molecular weight excluding hydrogens is 484 g/mol. The minimum absolute atomic E-state index is 0.250. The maximum Gasteiger partial charge on any atom is 0.204 e. The van der Waals surface area contributed by atoms with Crippen LogP contribution in [-0.2, 0) is 35.3 Å². The summed E-state index contributed by atoms with van der Waals surface area (Å²) in [6, 6.07) is 12.2. The van der Waals surface area contributed by atoms with Crippen LogP contribution in [0.15, 0.2) is 66.5 Å². The molecule has 3 aliphatic rings. The van der Waals surface area contributed by atoms with Gasteiger partial charge >= 0.3 is 0 Å². The summed E-state index contributed by atoms with van der Waals surface area (Å²) >= 11 is 0. The molecule has 1 unspecified atom stereocenters. The first-order valence-corrected chi connectivity index (χ1v) is 14.4. The van der Waals surface area contributed by atoms with E-state index in [1.54, 1.807) is 5.56 Å². The summed E-state index contributed by atoms with van der Waals surface area (Å²) in [6.45, 7) is 14.4. The quantitative estimate of drug-likeness (QED) is 0.396. The van der Waals surface area contributed by atoms with Gasteiger partial charge < -0.3 is 15.2 Å². The third-order valence-corrected chi connectivity index (χ3v) is 8.19. The van der Waals surface area contributed by atoms with Crippen molar-refractivity contribution in [3.05, 3.63) is 99.9 Å². The zero-order chi connectivity index (χ0) is 27.8. The molecule has 0 spiro atoms. The predicted molar refractivity (Wildman–Crippen MR) is 159 cm³/mol. The molecule has 2 aromatic carbocycles. The first-order chi connectivity index (χ1) is 19.0. The van der Waals surface area contributed by atoms with E-state index in [-0.39, 0.29) is 6.41 Å². The molecule has 2 atom stereocenters. The second-order valence-electron chi connectivity index (χ2n) is 10.7. The van der Waals surface area contributed by atoms with Crippen LogP contribution < -0.4 is 10.5 Å². The van der Waals surface area contributed by atoms with Crippen LogP contribution in [0.5, 0.6) is 5.75 Å². The Bertz CT molecular complexity index is 1200. The average Bonchev–Trinajstić information content (AvgIpc) is 3.68. The van der Waals surface area contributed by atoms with Gasteiger partial charge in [0.15, 0.2) is 0 Å². The molecule has 1 amide bonds. The Morgan fingerprint density at radius 2 is 1.79 bits per heavy atom. The number of amides is 1. The van der Waals surface area contributed by atoms with Gasteiger partial charge in [0.25, 0.3) is 0 Å². The van der Waals surface area contributed by atoms with Crippen molar-refractivity contribution in [2.75, 3.05) is 19.8 Å². The van der Waals surface area contributed by atoms with Gasteiger partial charge in [-0.25, -0.2) is 0 Å². The standard InChI is InChI=1S/C33H41NO2.CH3NO/c1-5-8-27-13-15-35-32(27)11-9-24-19-31(28-10-12-33-29(20-28)14-16-36-33)34(21-24)22-30-25(6-2)17-23(4)18-26(30)7-3;2-1-3/h5,8,10-12,17-18,20,24,31H,1,6-7,9,13-16,19,21-22H2,2-4H3;1H,(H2,2,3)/b27-8-,32-11+;/t24?,31-;/m1./s1. The molecule has 2 aromatic rings. The van der Waals surface area contributed by atoms with Gasteiger partial charge in [-0.05, 0) is 84.1 Å². The fraction of sp³-hybridized carbons (Fsp3) is 0.441. The number of nitrogens with zero attached hydrogens (tertiary/aromatic N) is 1. The van der Waals surface area contributed by atoms with Gasteiger partial charge in [-0.1, -0.05) is 62.4 Å². The molecule has 2 saturated heterocycles. The van der Waals surface area contributed by atoms with Crippen molar-refractivity contribution >= 4 is 6.41 Å². The van der Waals surface area contributed by atoms with E-state index in [0.717, 1.165) is 69.9 Å². The van der Waals surface area contributed by atoms with Crippen LogP contribution in [0.2, 0.25) is 0 Å². The summed E-state index contributed by atoms with van der Waals surface area (Å²) in [5, 5.41) is 0. The zero-order valence-electron chi connectivity index (χ0n) is 23.9. The Morgan fingerprint density at radius 3 is 2.49 bits per heavy atom. The highest BCUT2D eigenvalue weighted by Gasteiger charge is 2.34. The van der Waals surface area contributed by atoms with Crippen molar-refractivity contribution in [1.82, 2.24) is 4.90 Å². The van der Waals surface area contributed by atoms with Gasteiger partial charge in [0.05, 0.1) is 13.2 Å². The lowest BCUT2D eigenvalue weighted by Gasteiger charge is -2.28. The molecule has 0 radical (unpaired) electrons. The van der Waals surface area contributed by atoms with Crippen LogP contribution in [0, 0.1) is 12.8 Å². The molecule has 5 heteroatoms. The zero-order valence-corrected chi connectivity index (χ0v) is 23.9. The molecule has 5 rings (SSSR count). The molecular formula is C34H44N2O3. The molecule has 0 bridgehead atoms. The minimum Gasteiger partial charge on any atom is -0.493 e. The highest BCUT2D eigenvalue weighted by molar-refractivity contribution is 5.43. The van der Waals surface area contributed by atoms with Crippen LogP contribution in [0.1, 0.15) is 72.5 Å². The average molecular weight is 529 g/mol. The Kier molecular flexibility index (Phi) is 10.0. The number of likely N-dealkylation sites (tertiary alicyclic amines) is 1. The van der Waals surface area contributed by atoms with Crippen LogP contribution in [0.4, 0.5) is 0 Å². The van der Waals surface area contributed by atoms with E-state index in [9.17, 15) is 0 Å². The van der Waals surface area contributed by atoms with Crippen molar-refractivity contribution in [2.24, 2.45) is 11.7 Å². The van der Waals surface area contributed by atoms with Gasteiger partial charge in [0, 0.05) is 32.0 Å². The molecule has 5 nitrogen and oxygen atoms in total. The number of allylic oxidation sites excluding steroid dienone is 4. The van der Waals surface area contributed by atoms with Crippen molar-refractivity contribution < 1.29 is 14.3 Å². The number of benzene rings is 2. The van der Waals surface area contributed by atoms with Gasteiger partial charge in [-0.2, -0.15) is 0 Å². The summed E-state index contributed by atoms with van der Waals surface area (Å²) in [7, 11) is 0. The lowest BCUT2D eigenvalue weighted by atomic mass is 9.93.